The Balaban J connectivity index is 1.48. The number of fused-ring (bicyclic) bond motifs is 1. The summed E-state index contributed by atoms with van der Waals surface area (Å²) in [6.45, 7) is 2.82. The first-order valence-electron chi connectivity index (χ1n) is 10.5. The molecular formula is C24H25ClN4OS2. The topological polar surface area (TPSA) is 73.1 Å². The van der Waals surface area contributed by atoms with Crippen molar-refractivity contribution in [3.05, 3.63) is 63.6 Å². The SMILES string of the molecule is NCCCOCCCNc1nc(C=Cc2ccc(-c3cccs3)s2)nc2cc(Cl)ccc12. The molecule has 0 amide bonds. The fourth-order valence-corrected chi connectivity index (χ4v) is 5.06. The maximum atomic E-state index is 6.21. The van der Waals surface area contributed by atoms with Crippen LogP contribution in [0.2, 0.25) is 5.02 Å². The Morgan fingerprint density at radius 2 is 1.94 bits per heavy atom. The average molecular weight is 485 g/mol. The van der Waals surface area contributed by atoms with Gasteiger partial charge in [0, 0.05) is 44.8 Å². The molecule has 5 nitrogen and oxygen atoms in total. The highest BCUT2D eigenvalue weighted by Crippen LogP contribution is 2.32. The minimum absolute atomic E-state index is 0.646. The number of aromatic nitrogens is 2. The number of benzene rings is 1. The third-order valence-corrected chi connectivity index (χ3v) is 7.07. The summed E-state index contributed by atoms with van der Waals surface area (Å²) in [5, 5.41) is 7.13. The van der Waals surface area contributed by atoms with Crippen LogP contribution in [0.15, 0.2) is 47.8 Å². The molecule has 3 heterocycles. The van der Waals surface area contributed by atoms with Gasteiger partial charge in [0.2, 0.25) is 0 Å². The van der Waals surface area contributed by atoms with Crippen molar-refractivity contribution in [2.45, 2.75) is 12.8 Å². The summed E-state index contributed by atoms with van der Waals surface area (Å²) in [5.74, 6) is 1.45. The fraction of sp³-hybridized carbons (Fsp3) is 0.250. The number of anilines is 1. The van der Waals surface area contributed by atoms with E-state index in [-0.39, 0.29) is 0 Å². The predicted octanol–water partition coefficient (Wildman–Crippen LogP) is 6.41. The number of halogens is 1. The third kappa shape index (κ3) is 6.15. The second-order valence-corrected chi connectivity index (χ2v) is 9.64. The van der Waals surface area contributed by atoms with Crippen molar-refractivity contribution < 1.29 is 4.74 Å². The lowest BCUT2D eigenvalue weighted by Crippen LogP contribution is -2.10. The van der Waals surface area contributed by atoms with E-state index in [4.69, 9.17) is 32.0 Å². The number of nitrogens with zero attached hydrogens (tertiary/aromatic N) is 2. The zero-order valence-electron chi connectivity index (χ0n) is 17.6. The van der Waals surface area contributed by atoms with Gasteiger partial charge in [-0.3, -0.25) is 0 Å². The molecule has 0 aliphatic carbocycles. The summed E-state index contributed by atoms with van der Waals surface area (Å²) in [5.41, 5.74) is 6.31. The van der Waals surface area contributed by atoms with E-state index in [9.17, 15) is 0 Å². The molecule has 0 atom stereocenters. The monoisotopic (exact) mass is 484 g/mol. The second-order valence-electron chi connectivity index (χ2n) is 7.14. The summed E-state index contributed by atoms with van der Waals surface area (Å²) in [6.07, 6.45) is 5.78. The smallest absolute Gasteiger partial charge is 0.155 e. The van der Waals surface area contributed by atoms with E-state index in [0.29, 0.717) is 30.6 Å². The van der Waals surface area contributed by atoms with Gasteiger partial charge < -0.3 is 15.8 Å². The van der Waals surface area contributed by atoms with Crippen molar-refractivity contribution in [3.8, 4) is 9.75 Å². The Bertz CT molecular complexity index is 1170. The summed E-state index contributed by atoms with van der Waals surface area (Å²) in [6, 6.07) is 14.2. The maximum Gasteiger partial charge on any atom is 0.155 e. The average Bonchev–Trinajstić information content (AvgIpc) is 3.48. The number of nitrogens with one attached hydrogen (secondary N) is 1. The van der Waals surface area contributed by atoms with Crippen LogP contribution < -0.4 is 11.1 Å². The molecule has 0 fully saturated rings. The molecule has 3 N–H and O–H groups in total. The van der Waals surface area contributed by atoms with Gasteiger partial charge in [-0.15, -0.1) is 22.7 Å². The van der Waals surface area contributed by atoms with E-state index >= 15 is 0 Å². The zero-order valence-corrected chi connectivity index (χ0v) is 20.0. The molecule has 1 aromatic carbocycles. The van der Waals surface area contributed by atoms with Gasteiger partial charge in [-0.2, -0.15) is 0 Å². The Labute approximate surface area is 200 Å². The standard InChI is InChI=1S/C24H25ClN4OS2/c25-17-5-8-19-20(16-17)28-23(29-24(19)27-12-3-14-30-13-2-11-26)10-7-18-6-9-22(32-18)21-4-1-15-31-21/h1,4-10,15-16H,2-3,11-14,26H2,(H,27,28,29). The van der Waals surface area contributed by atoms with Crippen LogP contribution in [0.1, 0.15) is 23.5 Å². The molecule has 4 aromatic rings. The van der Waals surface area contributed by atoms with Crippen molar-refractivity contribution in [2.75, 3.05) is 31.6 Å². The van der Waals surface area contributed by atoms with E-state index in [0.717, 1.165) is 41.0 Å². The van der Waals surface area contributed by atoms with Crippen LogP contribution in [0.4, 0.5) is 5.82 Å². The lowest BCUT2D eigenvalue weighted by Gasteiger charge is -2.10. The van der Waals surface area contributed by atoms with E-state index in [1.54, 1.807) is 22.7 Å². The van der Waals surface area contributed by atoms with Gasteiger partial charge in [-0.25, -0.2) is 9.97 Å². The zero-order chi connectivity index (χ0) is 22.2. The van der Waals surface area contributed by atoms with Gasteiger partial charge in [0.1, 0.15) is 5.82 Å². The minimum Gasteiger partial charge on any atom is -0.381 e. The highest BCUT2D eigenvalue weighted by atomic mass is 35.5. The largest absolute Gasteiger partial charge is 0.381 e. The highest BCUT2D eigenvalue weighted by molar-refractivity contribution is 7.21. The number of nitrogens with two attached hydrogens (primary N) is 1. The van der Waals surface area contributed by atoms with Gasteiger partial charge in [-0.1, -0.05) is 17.7 Å². The molecule has 3 aromatic heterocycles. The van der Waals surface area contributed by atoms with Gasteiger partial charge in [0.25, 0.3) is 0 Å². The van der Waals surface area contributed by atoms with Crippen LogP contribution in [0.5, 0.6) is 0 Å². The number of ether oxygens (including phenoxy) is 1. The van der Waals surface area contributed by atoms with Crippen molar-refractivity contribution in [1.82, 2.24) is 9.97 Å². The number of hydrogen-bond acceptors (Lipinski definition) is 7. The lowest BCUT2D eigenvalue weighted by atomic mass is 10.2. The van der Waals surface area contributed by atoms with Crippen LogP contribution in [-0.4, -0.2) is 36.3 Å². The number of hydrogen-bond donors (Lipinski definition) is 2. The van der Waals surface area contributed by atoms with E-state index in [1.165, 1.54) is 9.75 Å². The fourth-order valence-electron chi connectivity index (χ4n) is 3.15. The number of thiophene rings is 2. The molecule has 0 saturated carbocycles. The van der Waals surface area contributed by atoms with Crippen LogP contribution in [0.3, 0.4) is 0 Å². The number of rotatable bonds is 11. The van der Waals surface area contributed by atoms with Crippen LogP contribution in [0, 0.1) is 0 Å². The van der Waals surface area contributed by atoms with Gasteiger partial charge in [0.15, 0.2) is 5.82 Å². The van der Waals surface area contributed by atoms with Gasteiger partial charge in [0.05, 0.1) is 5.52 Å². The third-order valence-electron chi connectivity index (χ3n) is 4.71. The van der Waals surface area contributed by atoms with Crippen molar-refractivity contribution >= 4 is 63.1 Å². The quantitative estimate of drug-likeness (QED) is 0.240. The Kier molecular flexibility index (Phi) is 8.25. The first-order valence-corrected chi connectivity index (χ1v) is 12.6. The molecule has 0 aliphatic heterocycles. The Morgan fingerprint density at radius 1 is 1.03 bits per heavy atom. The highest BCUT2D eigenvalue weighted by Gasteiger charge is 2.08. The summed E-state index contributed by atoms with van der Waals surface area (Å²) in [4.78, 5) is 13.1. The molecule has 0 saturated heterocycles. The van der Waals surface area contributed by atoms with E-state index < -0.39 is 0 Å². The molecule has 8 heteroatoms. The summed E-state index contributed by atoms with van der Waals surface area (Å²) < 4.78 is 5.58. The molecule has 4 rings (SSSR count). The van der Waals surface area contributed by atoms with E-state index in [2.05, 4.69) is 41.0 Å². The maximum absolute atomic E-state index is 6.21. The van der Waals surface area contributed by atoms with E-state index in [1.807, 2.05) is 24.3 Å². The normalized spacial score (nSPS) is 11.6. The van der Waals surface area contributed by atoms with Crippen LogP contribution in [0.25, 0.3) is 32.8 Å². The molecule has 0 spiro atoms. The lowest BCUT2D eigenvalue weighted by molar-refractivity contribution is 0.133. The minimum atomic E-state index is 0.646. The summed E-state index contributed by atoms with van der Waals surface area (Å²) in [7, 11) is 0. The Morgan fingerprint density at radius 3 is 2.78 bits per heavy atom. The van der Waals surface area contributed by atoms with Crippen LogP contribution in [-0.2, 0) is 4.74 Å². The first-order chi connectivity index (χ1) is 15.7. The first kappa shape index (κ1) is 22.9. The van der Waals surface area contributed by atoms with Crippen molar-refractivity contribution in [3.63, 3.8) is 0 Å². The molecule has 0 bridgehead atoms. The Hall–Kier alpha value is -2.29. The van der Waals surface area contributed by atoms with Crippen molar-refractivity contribution in [2.24, 2.45) is 5.73 Å². The van der Waals surface area contributed by atoms with Crippen LogP contribution >= 0.6 is 34.3 Å². The molecule has 0 radical (unpaired) electrons. The molecule has 0 unspecified atom stereocenters. The molecule has 0 aliphatic rings. The predicted molar refractivity (Wildman–Crippen MR) is 139 cm³/mol. The second kappa shape index (κ2) is 11.5. The van der Waals surface area contributed by atoms with Gasteiger partial charge >= 0.3 is 0 Å². The molecule has 166 valence electrons. The molecular weight excluding hydrogens is 460 g/mol. The van der Waals surface area contributed by atoms with Gasteiger partial charge in [-0.05, 0) is 73.3 Å². The molecule has 32 heavy (non-hydrogen) atoms. The summed E-state index contributed by atoms with van der Waals surface area (Å²) >= 11 is 9.72. The van der Waals surface area contributed by atoms with Crippen molar-refractivity contribution in [1.29, 1.82) is 0 Å².